The lowest BCUT2D eigenvalue weighted by Crippen LogP contribution is -2.11. The lowest BCUT2D eigenvalue weighted by Gasteiger charge is -2.14. The number of ether oxygens (including phenoxy) is 1. The fourth-order valence-electron chi connectivity index (χ4n) is 2.00. The number of aliphatic hydroxyl groups is 1. The Kier molecular flexibility index (Phi) is 3.97. The Hall–Kier alpha value is -0.420. The van der Waals surface area contributed by atoms with Crippen LogP contribution in [0.1, 0.15) is 29.6 Å². The van der Waals surface area contributed by atoms with E-state index in [2.05, 4.69) is 22.0 Å². The molecule has 0 bridgehead atoms. The number of hydrogen-bond donors (Lipinski definition) is 2. The van der Waals surface area contributed by atoms with Crippen LogP contribution in [0.25, 0.3) is 0 Å². The average Bonchev–Trinajstić information content (AvgIpc) is 2.81. The maximum Gasteiger partial charge on any atom is 0.0912 e. The maximum absolute atomic E-state index is 9.64. The summed E-state index contributed by atoms with van der Waals surface area (Å²) in [6, 6.07) is 5.94. The molecule has 0 aromatic heterocycles. The van der Waals surface area contributed by atoms with Crippen LogP contribution in [-0.4, -0.2) is 24.9 Å². The summed E-state index contributed by atoms with van der Waals surface area (Å²) in [4.78, 5) is 0. The highest BCUT2D eigenvalue weighted by Gasteiger charge is 2.20. The summed E-state index contributed by atoms with van der Waals surface area (Å²) in [7, 11) is 0. The summed E-state index contributed by atoms with van der Waals surface area (Å²) in [5.74, 6) is 0.471. The molecule has 1 saturated heterocycles. The first-order valence-electron chi connectivity index (χ1n) is 5.47. The first-order chi connectivity index (χ1) is 7.72. The number of aliphatic hydroxyl groups excluding tert-OH is 1. The van der Waals surface area contributed by atoms with Crippen LogP contribution in [-0.2, 0) is 4.74 Å². The number of halogens is 1. The molecule has 3 N–H and O–H groups in total. The van der Waals surface area contributed by atoms with E-state index in [9.17, 15) is 5.11 Å². The topological polar surface area (TPSA) is 55.5 Å². The van der Waals surface area contributed by atoms with Crippen LogP contribution in [0.3, 0.4) is 0 Å². The van der Waals surface area contributed by atoms with E-state index in [0.29, 0.717) is 5.92 Å². The molecule has 0 saturated carbocycles. The standard InChI is InChI=1S/C12H16BrNO2/c13-11-5-8(12(15)6-14)1-2-10(11)9-3-4-16-7-9/h1-2,5,9,12,15H,3-4,6-7,14H2. The normalized spacial score (nSPS) is 22.3. The molecular formula is C12H16BrNO2. The minimum absolute atomic E-state index is 0.248. The van der Waals surface area contributed by atoms with Gasteiger partial charge in [0.05, 0.1) is 12.7 Å². The molecule has 3 nitrogen and oxygen atoms in total. The molecule has 2 unspecified atom stereocenters. The van der Waals surface area contributed by atoms with Gasteiger partial charge in [-0.05, 0) is 23.6 Å². The van der Waals surface area contributed by atoms with Gasteiger partial charge < -0.3 is 15.6 Å². The van der Waals surface area contributed by atoms with Gasteiger partial charge in [0.1, 0.15) is 0 Å². The molecule has 4 heteroatoms. The van der Waals surface area contributed by atoms with Gasteiger partial charge in [-0.3, -0.25) is 0 Å². The molecule has 2 atom stereocenters. The molecular weight excluding hydrogens is 270 g/mol. The maximum atomic E-state index is 9.64. The fraction of sp³-hybridized carbons (Fsp3) is 0.500. The van der Waals surface area contributed by atoms with Crippen LogP contribution in [0.4, 0.5) is 0 Å². The van der Waals surface area contributed by atoms with Crippen molar-refractivity contribution < 1.29 is 9.84 Å². The van der Waals surface area contributed by atoms with Gasteiger partial charge in [0, 0.05) is 23.5 Å². The van der Waals surface area contributed by atoms with E-state index in [1.807, 2.05) is 12.1 Å². The van der Waals surface area contributed by atoms with Gasteiger partial charge in [-0.25, -0.2) is 0 Å². The van der Waals surface area contributed by atoms with Crippen LogP contribution < -0.4 is 5.73 Å². The van der Waals surface area contributed by atoms with Crippen LogP contribution in [0.15, 0.2) is 22.7 Å². The second kappa shape index (κ2) is 5.27. The zero-order chi connectivity index (χ0) is 11.5. The molecule has 16 heavy (non-hydrogen) atoms. The largest absolute Gasteiger partial charge is 0.387 e. The summed E-state index contributed by atoms with van der Waals surface area (Å²) in [6.07, 6.45) is 0.488. The van der Waals surface area contributed by atoms with E-state index in [0.717, 1.165) is 29.7 Å². The van der Waals surface area contributed by atoms with Gasteiger partial charge >= 0.3 is 0 Å². The summed E-state index contributed by atoms with van der Waals surface area (Å²) >= 11 is 3.55. The molecule has 1 fully saturated rings. The van der Waals surface area contributed by atoms with Crippen molar-refractivity contribution in [2.45, 2.75) is 18.4 Å². The molecule has 1 aliphatic rings. The van der Waals surface area contributed by atoms with E-state index in [-0.39, 0.29) is 6.54 Å². The minimum Gasteiger partial charge on any atom is -0.387 e. The third kappa shape index (κ3) is 2.46. The van der Waals surface area contributed by atoms with Crippen LogP contribution >= 0.6 is 15.9 Å². The van der Waals surface area contributed by atoms with Crippen molar-refractivity contribution in [1.29, 1.82) is 0 Å². The van der Waals surface area contributed by atoms with E-state index in [1.165, 1.54) is 5.56 Å². The quantitative estimate of drug-likeness (QED) is 0.893. The zero-order valence-electron chi connectivity index (χ0n) is 9.03. The average molecular weight is 286 g/mol. The fourth-order valence-corrected chi connectivity index (χ4v) is 2.72. The highest BCUT2D eigenvalue weighted by molar-refractivity contribution is 9.10. The van der Waals surface area contributed by atoms with Crippen molar-refractivity contribution in [3.63, 3.8) is 0 Å². The molecule has 2 rings (SSSR count). The van der Waals surface area contributed by atoms with E-state index < -0.39 is 6.10 Å². The number of hydrogen-bond acceptors (Lipinski definition) is 3. The smallest absolute Gasteiger partial charge is 0.0912 e. The van der Waals surface area contributed by atoms with E-state index in [4.69, 9.17) is 10.5 Å². The molecule has 0 amide bonds. The molecule has 1 aromatic carbocycles. The van der Waals surface area contributed by atoms with Crippen LogP contribution in [0.2, 0.25) is 0 Å². The third-order valence-corrected chi connectivity index (χ3v) is 3.69. The second-order valence-electron chi connectivity index (χ2n) is 4.09. The van der Waals surface area contributed by atoms with Crippen molar-refractivity contribution in [1.82, 2.24) is 0 Å². The molecule has 1 aromatic rings. The first-order valence-corrected chi connectivity index (χ1v) is 6.27. The predicted octanol–water partition coefficient (Wildman–Crippen LogP) is 1.95. The van der Waals surface area contributed by atoms with Gasteiger partial charge in [0.25, 0.3) is 0 Å². The summed E-state index contributed by atoms with van der Waals surface area (Å²) in [5, 5.41) is 9.64. The summed E-state index contributed by atoms with van der Waals surface area (Å²) < 4.78 is 6.41. The Balaban J connectivity index is 2.22. The van der Waals surface area contributed by atoms with E-state index in [1.54, 1.807) is 0 Å². The van der Waals surface area contributed by atoms with Gasteiger partial charge in [0.2, 0.25) is 0 Å². The van der Waals surface area contributed by atoms with Crippen molar-refractivity contribution in [3.05, 3.63) is 33.8 Å². The zero-order valence-corrected chi connectivity index (χ0v) is 10.6. The van der Waals surface area contributed by atoms with Crippen LogP contribution in [0, 0.1) is 0 Å². The number of nitrogens with two attached hydrogens (primary N) is 1. The molecule has 0 spiro atoms. The molecule has 1 aliphatic heterocycles. The lowest BCUT2D eigenvalue weighted by molar-refractivity contribution is 0.186. The highest BCUT2D eigenvalue weighted by Crippen LogP contribution is 2.32. The van der Waals surface area contributed by atoms with E-state index >= 15 is 0 Å². The molecule has 0 aliphatic carbocycles. The van der Waals surface area contributed by atoms with Gasteiger partial charge in [-0.2, -0.15) is 0 Å². The summed E-state index contributed by atoms with van der Waals surface area (Å²) in [5.41, 5.74) is 7.54. The third-order valence-electron chi connectivity index (χ3n) is 3.00. The Morgan fingerprint density at radius 2 is 2.38 bits per heavy atom. The minimum atomic E-state index is -0.579. The molecule has 88 valence electrons. The first kappa shape index (κ1) is 12.0. The number of benzene rings is 1. The SMILES string of the molecule is NCC(O)c1ccc(C2CCOC2)c(Br)c1. The lowest BCUT2D eigenvalue weighted by atomic mass is 9.96. The molecule has 0 radical (unpaired) electrons. The van der Waals surface area contributed by atoms with Crippen molar-refractivity contribution >= 4 is 15.9 Å². The van der Waals surface area contributed by atoms with Crippen LogP contribution in [0.5, 0.6) is 0 Å². The Morgan fingerprint density at radius 1 is 1.56 bits per heavy atom. The Bertz CT molecular complexity index is 364. The number of rotatable bonds is 3. The summed E-state index contributed by atoms with van der Waals surface area (Å²) in [6.45, 7) is 1.87. The van der Waals surface area contributed by atoms with Gasteiger partial charge in [-0.1, -0.05) is 28.1 Å². The van der Waals surface area contributed by atoms with Crippen molar-refractivity contribution in [3.8, 4) is 0 Å². The second-order valence-corrected chi connectivity index (χ2v) is 4.95. The van der Waals surface area contributed by atoms with Gasteiger partial charge in [-0.15, -0.1) is 0 Å². The predicted molar refractivity (Wildman–Crippen MR) is 66.3 cm³/mol. The molecule has 1 heterocycles. The monoisotopic (exact) mass is 285 g/mol. The van der Waals surface area contributed by atoms with Gasteiger partial charge in [0.15, 0.2) is 0 Å². The Labute approximate surface area is 104 Å². The van der Waals surface area contributed by atoms with Crippen molar-refractivity contribution in [2.75, 3.05) is 19.8 Å². The Morgan fingerprint density at radius 3 is 2.94 bits per heavy atom. The van der Waals surface area contributed by atoms with Crippen molar-refractivity contribution in [2.24, 2.45) is 5.73 Å². The highest BCUT2D eigenvalue weighted by atomic mass is 79.9.